The number of benzene rings is 2. The molecule has 0 saturated carbocycles. The van der Waals surface area contributed by atoms with Crippen LogP contribution in [0.1, 0.15) is 17.3 Å². The lowest BCUT2D eigenvalue weighted by molar-refractivity contribution is 0.0699. The summed E-state index contributed by atoms with van der Waals surface area (Å²) in [6, 6.07) is 17.9. The second-order valence-corrected chi connectivity index (χ2v) is 7.84. The predicted molar refractivity (Wildman–Crippen MR) is 121 cm³/mol. The van der Waals surface area contributed by atoms with Gasteiger partial charge < -0.3 is 14.6 Å². The maximum atomic E-state index is 12.0. The number of nitrogens with zero attached hydrogens (tertiary/aromatic N) is 3. The van der Waals surface area contributed by atoms with E-state index in [1.807, 2.05) is 62.8 Å². The lowest BCUT2D eigenvalue weighted by Crippen LogP contribution is -2.28. The molecule has 0 amide bonds. The smallest absolute Gasteiger partial charge is 0.336 e. The monoisotopic (exact) mass is 399 g/mol. The number of carboxylic acids is 1. The van der Waals surface area contributed by atoms with Gasteiger partial charge in [0.1, 0.15) is 0 Å². The Hall–Kier alpha value is -3.44. The quantitative estimate of drug-likeness (QED) is 0.495. The summed E-state index contributed by atoms with van der Waals surface area (Å²) in [6.45, 7) is 2.92. The fourth-order valence-corrected chi connectivity index (χ4v) is 3.72. The van der Waals surface area contributed by atoms with Crippen molar-refractivity contribution in [1.82, 2.24) is 14.5 Å². The van der Waals surface area contributed by atoms with Gasteiger partial charge in [0, 0.05) is 58.8 Å². The van der Waals surface area contributed by atoms with Crippen molar-refractivity contribution in [2.75, 3.05) is 14.1 Å². The molecule has 0 aliphatic heterocycles. The van der Waals surface area contributed by atoms with Crippen molar-refractivity contribution in [2.24, 2.45) is 0 Å². The highest BCUT2D eigenvalue weighted by atomic mass is 16.4. The van der Waals surface area contributed by atoms with E-state index in [2.05, 4.69) is 33.6 Å². The Morgan fingerprint density at radius 1 is 1.03 bits per heavy atom. The van der Waals surface area contributed by atoms with Crippen LogP contribution in [0.2, 0.25) is 0 Å². The van der Waals surface area contributed by atoms with Crippen molar-refractivity contribution >= 4 is 16.9 Å². The van der Waals surface area contributed by atoms with Crippen molar-refractivity contribution in [1.29, 1.82) is 0 Å². The molecule has 4 rings (SSSR count). The number of aromatic carboxylic acids is 1. The first kappa shape index (κ1) is 19.9. The van der Waals surface area contributed by atoms with Crippen molar-refractivity contribution in [3.05, 3.63) is 78.8 Å². The van der Waals surface area contributed by atoms with Crippen molar-refractivity contribution in [2.45, 2.75) is 19.5 Å². The summed E-state index contributed by atoms with van der Waals surface area (Å²) in [5.74, 6) is -0.924. The summed E-state index contributed by atoms with van der Waals surface area (Å²) in [6.07, 6.45) is 5.70. The third-order valence-corrected chi connectivity index (χ3v) is 5.64. The minimum atomic E-state index is -0.924. The first-order chi connectivity index (χ1) is 14.5. The minimum Gasteiger partial charge on any atom is -0.478 e. The van der Waals surface area contributed by atoms with Crippen LogP contribution in [-0.4, -0.2) is 45.7 Å². The van der Waals surface area contributed by atoms with Gasteiger partial charge in [0.15, 0.2) is 0 Å². The molecular formula is C25H25N3O2. The van der Waals surface area contributed by atoms with E-state index in [1.165, 1.54) is 0 Å². The number of carboxylic acid groups (broad SMARTS) is 1. The number of hydrogen-bond donors (Lipinski definition) is 1. The summed E-state index contributed by atoms with van der Waals surface area (Å²) < 4.78 is 2.15. The molecule has 2 heterocycles. The lowest BCUT2D eigenvalue weighted by Gasteiger charge is -2.20. The highest BCUT2D eigenvalue weighted by Crippen LogP contribution is 2.35. The molecule has 5 heteroatoms. The Balaban J connectivity index is 1.91. The largest absolute Gasteiger partial charge is 0.478 e. The van der Waals surface area contributed by atoms with Gasteiger partial charge in [-0.15, -0.1) is 0 Å². The second kappa shape index (κ2) is 8.13. The van der Waals surface area contributed by atoms with Gasteiger partial charge in [-0.1, -0.05) is 36.4 Å². The number of pyridine rings is 1. The number of aromatic nitrogens is 2. The van der Waals surface area contributed by atoms with Gasteiger partial charge in [0.25, 0.3) is 0 Å². The van der Waals surface area contributed by atoms with Gasteiger partial charge in [0.2, 0.25) is 0 Å². The SMILES string of the molecule is CC(Cn1cc(-c2cncc(-c3ccccc3)c2)c2c(C(=O)O)cccc21)N(C)C. The standard InChI is InChI=1S/C25H25N3O2/c1-17(27(2)3)15-28-16-22(24-21(25(29)30)10-7-11-23(24)28)20-12-19(13-26-14-20)18-8-5-4-6-9-18/h4-14,16-17H,15H2,1-3H3,(H,29,30). The van der Waals surface area contributed by atoms with Crippen LogP contribution in [-0.2, 0) is 6.54 Å². The molecule has 30 heavy (non-hydrogen) atoms. The number of fused-ring (bicyclic) bond motifs is 1. The summed E-state index contributed by atoms with van der Waals surface area (Å²) in [7, 11) is 4.10. The number of likely N-dealkylation sites (N-methyl/N-ethyl adjacent to an activating group) is 1. The fraction of sp³-hybridized carbons (Fsp3) is 0.200. The molecule has 1 atom stereocenters. The number of hydrogen-bond acceptors (Lipinski definition) is 3. The molecule has 0 spiro atoms. The summed E-state index contributed by atoms with van der Waals surface area (Å²) in [5, 5.41) is 10.6. The molecule has 0 aliphatic carbocycles. The maximum absolute atomic E-state index is 12.0. The average molecular weight is 399 g/mol. The molecule has 0 radical (unpaired) electrons. The van der Waals surface area contributed by atoms with Crippen LogP contribution in [0.5, 0.6) is 0 Å². The third kappa shape index (κ3) is 3.72. The van der Waals surface area contributed by atoms with Gasteiger partial charge in [-0.25, -0.2) is 4.79 Å². The minimum absolute atomic E-state index is 0.302. The highest BCUT2D eigenvalue weighted by molar-refractivity contribution is 6.09. The van der Waals surface area contributed by atoms with Gasteiger partial charge in [-0.05, 0) is 44.8 Å². The van der Waals surface area contributed by atoms with Crippen LogP contribution in [0.4, 0.5) is 0 Å². The molecule has 2 aromatic heterocycles. The Kier molecular flexibility index (Phi) is 5.38. The molecule has 1 unspecified atom stereocenters. The molecule has 4 aromatic rings. The fourth-order valence-electron chi connectivity index (χ4n) is 3.72. The van der Waals surface area contributed by atoms with Gasteiger partial charge in [-0.2, -0.15) is 0 Å². The van der Waals surface area contributed by atoms with Crippen molar-refractivity contribution < 1.29 is 9.90 Å². The van der Waals surface area contributed by atoms with Crippen LogP contribution in [0.3, 0.4) is 0 Å². The second-order valence-electron chi connectivity index (χ2n) is 7.84. The Morgan fingerprint density at radius 3 is 2.47 bits per heavy atom. The van der Waals surface area contributed by atoms with E-state index in [0.717, 1.165) is 39.7 Å². The molecule has 152 valence electrons. The maximum Gasteiger partial charge on any atom is 0.336 e. The Bertz CT molecular complexity index is 1200. The highest BCUT2D eigenvalue weighted by Gasteiger charge is 2.19. The molecule has 5 nitrogen and oxygen atoms in total. The van der Waals surface area contributed by atoms with Crippen LogP contribution >= 0.6 is 0 Å². The number of carbonyl (C=O) groups is 1. The van der Waals surface area contributed by atoms with E-state index >= 15 is 0 Å². The predicted octanol–water partition coefficient (Wildman–Crippen LogP) is 5.02. The lowest BCUT2D eigenvalue weighted by atomic mass is 9.99. The van der Waals surface area contributed by atoms with Crippen molar-refractivity contribution in [3.8, 4) is 22.3 Å². The van der Waals surface area contributed by atoms with Crippen LogP contribution in [0.15, 0.2) is 73.2 Å². The summed E-state index contributed by atoms with van der Waals surface area (Å²) in [4.78, 5) is 18.6. The normalized spacial score (nSPS) is 12.4. The zero-order valence-corrected chi connectivity index (χ0v) is 17.4. The first-order valence-corrected chi connectivity index (χ1v) is 9.98. The zero-order valence-electron chi connectivity index (χ0n) is 17.4. The van der Waals surface area contributed by atoms with Crippen LogP contribution < -0.4 is 0 Å². The molecule has 0 fully saturated rings. The van der Waals surface area contributed by atoms with Gasteiger partial charge >= 0.3 is 5.97 Å². The molecule has 0 saturated heterocycles. The average Bonchev–Trinajstić information content (AvgIpc) is 3.13. The molecule has 0 aliphatic rings. The Labute approximate surface area is 176 Å². The molecular weight excluding hydrogens is 374 g/mol. The molecule has 0 bridgehead atoms. The Morgan fingerprint density at radius 2 is 1.77 bits per heavy atom. The van der Waals surface area contributed by atoms with E-state index in [9.17, 15) is 9.90 Å². The molecule has 1 N–H and O–H groups in total. The van der Waals surface area contributed by atoms with E-state index in [1.54, 1.807) is 12.3 Å². The van der Waals surface area contributed by atoms with Gasteiger partial charge in [0.05, 0.1) is 5.56 Å². The van der Waals surface area contributed by atoms with Crippen LogP contribution in [0, 0.1) is 0 Å². The molecule has 2 aromatic carbocycles. The van der Waals surface area contributed by atoms with E-state index in [-0.39, 0.29) is 0 Å². The first-order valence-electron chi connectivity index (χ1n) is 9.98. The third-order valence-electron chi connectivity index (χ3n) is 5.64. The van der Waals surface area contributed by atoms with E-state index < -0.39 is 5.97 Å². The van der Waals surface area contributed by atoms with Crippen molar-refractivity contribution in [3.63, 3.8) is 0 Å². The summed E-state index contributed by atoms with van der Waals surface area (Å²) >= 11 is 0. The van der Waals surface area contributed by atoms with Gasteiger partial charge in [-0.3, -0.25) is 4.98 Å². The van der Waals surface area contributed by atoms with E-state index in [4.69, 9.17) is 0 Å². The number of rotatable bonds is 6. The summed E-state index contributed by atoms with van der Waals surface area (Å²) in [5.41, 5.74) is 5.11. The van der Waals surface area contributed by atoms with Crippen LogP contribution in [0.25, 0.3) is 33.2 Å². The van der Waals surface area contributed by atoms with E-state index in [0.29, 0.717) is 11.6 Å². The topological polar surface area (TPSA) is 58.4 Å². The zero-order chi connectivity index (χ0) is 21.3.